The Hall–Kier alpha value is -8.05. The minimum absolute atomic E-state index is 0. The molecule has 13 rings (SSSR count). The predicted octanol–water partition coefficient (Wildman–Crippen LogP) is 19.4. The topological polar surface area (TPSA) is 57.5 Å². The van der Waals surface area contributed by atoms with Crippen LogP contribution < -0.4 is 4.74 Å². The molecule has 6 nitrogen and oxygen atoms in total. The Kier molecular flexibility index (Phi) is 12.8. The first-order valence-electron chi connectivity index (χ1n) is 26.7. The van der Waals surface area contributed by atoms with Crippen LogP contribution in [-0.4, -0.2) is 18.9 Å². The van der Waals surface area contributed by atoms with Gasteiger partial charge in [-0.05, 0) is 133 Å². The van der Waals surface area contributed by atoms with E-state index in [-0.39, 0.29) is 32.9 Å². The number of nitrogens with zero attached hydrogens (tertiary/aromatic N) is 4. The summed E-state index contributed by atoms with van der Waals surface area (Å²) in [7, 11) is 0. The zero-order valence-corrected chi connectivity index (χ0v) is 46.8. The fraction of sp³-hybridized carbons (Fsp3) is 0.171. The van der Waals surface area contributed by atoms with Gasteiger partial charge in [0.2, 0.25) is 0 Å². The van der Waals surface area contributed by atoms with Gasteiger partial charge in [0.05, 0.1) is 34.3 Å². The molecule has 0 bridgehead atoms. The second-order valence-electron chi connectivity index (χ2n) is 21.6. The van der Waals surface area contributed by atoms with Gasteiger partial charge in [-0.2, -0.15) is 0 Å². The van der Waals surface area contributed by atoms with E-state index in [1.165, 1.54) is 61.3 Å². The number of hydrogen-bond acceptors (Lipinski definition) is 4. The molecule has 0 unspecified atom stereocenters. The summed E-state index contributed by atoms with van der Waals surface area (Å²) >= 11 is 0. The third-order valence-electron chi connectivity index (χ3n) is 15.3. The van der Waals surface area contributed by atoms with Crippen molar-refractivity contribution in [3.05, 3.63) is 217 Å². The normalized spacial score (nSPS) is 12.0. The van der Waals surface area contributed by atoms with Crippen LogP contribution in [0, 0.1) is 12.1 Å². The van der Waals surface area contributed by atoms with Crippen molar-refractivity contribution in [2.75, 3.05) is 0 Å². The third-order valence-corrected chi connectivity index (χ3v) is 15.3. The van der Waals surface area contributed by atoms with Gasteiger partial charge in [-0.15, -0.1) is 29.8 Å². The van der Waals surface area contributed by atoms with Crippen LogP contribution in [0.5, 0.6) is 11.5 Å². The molecule has 77 heavy (non-hydrogen) atoms. The summed E-state index contributed by atoms with van der Waals surface area (Å²) in [5.74, 6) is 2.99. The zero-order valence-electron chi connectivity index (χ0n) is 44.6. The van der Waals surface area contributed by atoms with Gasteiger partial charge < -0.3 is 18.1 Å². The van der Waals surface area contributed by atoms with Crippen LogP contribution in [0.15, 0.2) is 187 Å². The molecule has 0 radical (unpaired) electrons. The van der Waals surface area contributed by atoms with Crippen molar-refractivity contribution >= 4 is 60.4 Å². The molecule has 0 fully saturated rings. The maximum atomic E-state index is 6.84. The van der Waals surface area contributed by atoms with E-state index in [4.69, 9.17) is 19.1 Å². The maximum Gasteiger partial charge on any atom is 2.00 e. The Morgan fingerprint density at radius 1 is 0.481 bits per heavy atom. The Labute approximate surface area is 464 Å². The number of pyridine rings is 1. The summed E-state index contributed by atoms with van der Waals surface area (Å²) in [6, 6.07) is 70.2. The van der Waals surface area contributed by atoms with Gasteiger partial charge in [-0.1, -0.05) is 181 Å². The standard InChI is InChI=1S/C70H58N4O2.Pt/c1-41(2)56-35-50(45-18-11-9-12-19-45)36-57(42(3)4)65(56)48-26-29-55-54-30-28-53(40-60(54)70-72-62-31-27-47-32-33-75-68(47)67(62)74(70)64(55)39-48)76-52-23-17-22-49(34-52)69-71-61-24-15-16-25-63(61)73(69)66-58(43(5)6)37-51(38-59(66)44(7)8)46-20-13-10-14-21-46;/h9-33,35-39,41-44H,1-8H3;/q-2;+2. The number of hydrogen-bond donors (Lipinski definition) is 0. The molecule has 4 aromatic heterocycles. The molecule has 9 aromatic carbocycles. The molecule has 0 aliphatic carbocycles. The number of rotatable bonds is 11. The molecular weight excluding hydrogens is 1120 g/mol. The summed E-state index contributed by atoms with van der Waals surface area (Å²) < 4.78 is 17.8. The van der Waals surface area contributed by atoms with Gasteiger partial charge in [0.15, 0.2) is 5.58 Å². The van der Waals surface area contributed by atoms with Crippen molar-refractivity contribution in [3.8, 4) is 62.0 Å². The van der Waals surface area contributed by atoms with Crippen LogP contribution in [0.3, 0.4) is 0 Å². The van der Waals surface area contributed by atoms with E-state index in [1.807, 2.05) is 24.3 Å². The molecule has 0 atom stereocenters. The number of fused-ring (bicyclic) bond motifs is 11. The summed E-state index contributed by atoms with van der Waals surface area (Å²) in [5, 5.41) is 3.99. The molecule has 7 heteroatoms. The molecule has 380 valence electrons. The van der Waals surface area contributed by atoms with Crippen molar-refractivity contribution in [2.45, 2.75) is 79.1 Å². The summed E-state index contributed by atoms with van der Waals surface area (Å²) in [4.78, 5) is 10.7. The predicted molar refractivity (Wildman–Crippen MR) is 314 cm³/mol. The summed E-state index contributed by atoms with van der Waals surface area (Å²) in [6.07, 6.45) is 1.77. The van der Waals surface area contributed by atoms with Crippen molar-refractivity contribution in [2.24, 2.45) is 0 Å². The number of benzene rings is 9. The Balaban J connectivity index is 0.00000596. The second kappa shape index (κ2) is 19.8. The molecule has 0 amide bonds. The molecule has 4 heterocycles. The Bertz CT molecular complexity index is 4330. The summed E-state index contributed by atoms with van der Waals surface area (Å²) in [5.41, 5.74) is 20.9. The maximum absolute atomic E-state index is 6.84. The first-order chi connectivity index (χ1) is 37.0. The van der Waals surface area contributed by atoms with Crippen LogP contribution in [0.1, 0.15) is 101 Å². The molecule has 0 aliphatic heterocycles. The smallest absolute Gasteiger partial charge is 0.497 e. The van der Waals surface area contributed by atoms with E-state index >= 15 is 0 Å². The van der Waals surface area contributed by atoms with E-state index in [0.29, 0.717) is 23.3 Å². The number of para-hydroxylation sites is 2. The van der Waals surface area contributed by atoms with Crippen molar-refractivity contribution < 1.29 is 30.2 Å². The van der Waals surface area contributed by atoms with Gasteiger partial charge in [-0.25, -0.2) is 0 Å². The van der Waals surface area contributed by atoms with Crippen LogP contribution in [0.2, 0.25) is 0 Å². The molecule has 0 saturated heterocycles. The largest absolute Gasteiger partial charge is 2.00 e. The number of aromatic nitrogens is 4. The molecule has 0 aliphatic rings. The SMILES string of the molecule is CC(C)c1cc(-c2ccccc2)cc(C(C)C)c1-c1ccc2c3ccc(Oc4[c-]c(-c5nc6ccccc6n5-c5c(C(C)C)cc(-c6ccccc6)cc5C(C)C)ccc4)[c-]c3c3nc4ccc5ccoc5c4n3c2c1.[Pt+2]. The van der Waals surface area contributed by atoms with Gasteiger partial charge in [0.1, 0.15) is 5.52 Å². The second-order valence-corrected chi connectivity index (χ2v) is 21.6. The van der Waals surface area contributed by atoms with Crippen LogP contribution >= 0.6 is 0 Å². The number of furan rings is 1. The fourth-order valence-corrected chi connectivity index (χ4v) is 11.6. The zero-order chi connectivity index (χ0) is 51.9. The summed E-state index contributed by atoms with van der Waals surface area (Å²) in [6.45, 7) is 18.3. The van der Waals surface area contributed by atoms with Gasteiger partial charge in [-0.3, -0.25) is 9.97 Å². The first kappa shape index (κ1) is 49.8. The van der Waals surface area contributed by atoms with Crippen LogP contribution in [0.4, 0.5) is 0 Å². The van der Waals surface area contributed by atoms with E-state index in [0.717, 1.165) is 71.7 Å². The molecule has 0 N–H and O–H groups in total. The van der Waals surface area contributed by atoms with Crippen molar-refractivity contribution in [1.82, 2.24) is 18.9 Å². The Morgan fingerprint density at radius 3 is 1.75 bits per heavy atom. The van der Waals surface area contributed by atoms with Crippen LogP contribution in [-0.2, 0) is 21.1 Å². The van der Waals surface area contributed by atoms with E-state index in [2.05, 4.69) is 228 Å². The van der Waals surface area contributed by atoms with Crippen molar-refractivity contribution in [1.29, 1.82) is 0 Å². The number of imidazole rings is 2. The van der Waals surface area contributed by atoms with Crippen molar-refractivity contribution in [3.63, 3.8) is 0 Å². The number of ether oxygens (including phenoxy) is 1. The van der Waals surface area contributed by atoms with Gasteiger partial charge in [0, 0.05) is 28.1 Å². The minimum Gasteiger partial charge on any atom is -0.497 e. The molecule has 0 spiro atoms. The minimum atomic E-state index is 0. The monoisotopic (exact) mass is 1180 g/mol. The molecular formula is C70H58N4O2Pt. The van der Waals surface area contributed by atoms with Gasteiger partial charge in [0.25, 0.3) is 0 Å². The third kappa shape index (κ3) is 8.55. The van der Waals surface area contributed by atoms with E-state index in [1.54, 1.807) is 6.26 Å². The quantitative estimate of drug-likeness (QED) is 0.0956. The van der Waals surface area contributed by atoms with Gasteiger partial charge >= 0.3 is 21.1 Å². The van der Waals surface area contributed by atoms with E-state index in [9.17, 15) is 0 Å². The average molecular weight is 1180 g/mol. The Morgan fingerprint density at radius 2 is 1.09 bits per heavy atom. The fourth-order valence-electron chi connectivity index (χ4n) is 11.6. The van der Waals surface area contributed by atoms with E-state index < -0.39 is 0 Å². The molecule has 13 aromatic rings. The molecule has 0 saturated carbocycles. The average Bonchev–Trinajstić information content (AvgIpc) is 4.32. The first-order valence-corrected chi connectivity index (χ1v) is 26.7. The van der Waals surface area contributed by atoms with Crippen LogP contribution in [0.25, 0.3) is 111 Å².